The van der Waals surface area contributed by atoms with E-state index in [0.29, 0.717) is 25.7 Å². The lowest BCUT2D eigenvalue weighted by atomic mass is 9.75. The molecule has 4 rings (SSSR count). The summed E-state index contributed by atoms with van der Waals surface area (Å²) in [7, 11) is 0. The first-order chi connectivity index (χ1) is 16.9. The SMILES string of the molecule is Cc1ccc(C2CCC(c3cc(F)c(C(F)(F)Oc4cc(F)c(F)c(F)c4)c(F)c3)CC2)c(F)c1F. The van der Waals surface area contributed by atoms with E-state index in [1.54, 1.807) is 0 Å². The molecule has 1 fully saturated rings. The van der Waals surface area contributed by atoms with E-state index in [4.69, 9.17) is 0 Å². The van der Waals surface area contributed by atoms with Crippen LogP contribution in [0.2, 0.25) is 0 Å². The normalized spacial score (nSPS) is 18.4. The molecule has 0 unspecified atom stereocenters. The molecule has 3 aromatic carbocycles. The Hall–Kier alpha value is -3.17. The lowest BCUT2D eigenvalue weighted by molar-refractivity contribution is -0.189. The number of aryl methyl sites for hydroxylation is 1. The predicted octanol–water partition coefficient (Wildman–Crippen LogP) is 8.54. The zero-order chi connectivity index (χ0) is 26.4. The van der Waals surface area contributed by atoms with E-state index in [0.717, 1.165) is 12.1 Å². The van der Waals surface area contributed by atoms with Gasteiger partial charge in [-0.1, -0.05) is 12.1 Å². The standard InChI is InChI=1S/C26H19F9O/c1-12-2-7-17(24(32)23(12)31)14-5-3-13(4-6-14)15-8-18(27)22(19(28)9-15)26(34,35)36-16-10-20(29)25(33)21(30)11-16/h2,7-11,13-14H,3-6H2,1H3. The molecule has 1 saturated carbocycles. The van der Waals surface area contributed by atoms with Crippen LogP contribution >= 0.6 is 0 Å². The third-order valence-corrected chi connectivity index (χ3v) is 6.50. The molecular weight excluding hydrogens is 499 g/mol. The molecule has 0 atom stereocenters. The first-order valence-electron chi connectivity index (χ1n) is 11.0. The van der Waals surface area contributed by atoms with E-state index >= 15 is 0 Å². The molecule has 0 N–H and O–H groups in total. The van der Waals surface area contributed by atoms with Gasteiger partial charge in [0, 0.05) is 12.1 Å². The molecule has 1 nitrogen and oxygen atoms in total. The summed E-state index contributed by atoms with van der Waals surface area (Å²) in [5, 5.41) is 0. The maximum atomic E-state index is 14.7. The number of halogens is 9. The van der Waals surface area contributed by atoms with Crippen LogP contribution in [0.4, 0.5) is 39.5 Å². The Balaban J connectivity index is 1.52. The van der Waals surface area contributed by atoms with Crippen molar-refractivity contribution < 1.29 is 44.3 Å². The molecule has 10 heteroatoms. The van der Waals surface area contributed by atoms with Crippen LogP contribution in [-0.4, -0.2) is 0 Å². The Labute approximate surface area is 200 Å². The molecule has 1 aliphatic carbocycles. The zero-order valence-corrected chi connectivity index (χ0v) is 18.8. The van der Waals surface area contributed by atoms with Crippen molar-refractivity contribution in [1.82, 2.24) is 0 Å². The summed E-state index contributed by atoms with van der Waals surface area (Å²) in [4.78, 5) is 0. The fourth-order valence-electron chi connectivity index (χ4n) is 4.61. The topological polar surface area (TPSA) is 9.23 Å². The highest BCUT2D eigenvalue weighted by Gasteiger charge is 2.42. The van der Waals surface area contributed by atoms with Crippen molar-refractivity contribution >= 4 is 0 Å². The number of ether oxygens (including phenoxy) is 1. The second-order valence-corrected chi connectivity index (χ2v) is 8.83. The van der Waals surface area contributed by atoms with E-state index < -0.39 is 64.1 Å². The number of alkyl halides is 2. The Bertz CT molecular complexity index is 1250. The molecule has 36 heavy (non-hydrogen) atoms. The van der Waals surface area contributed by atoms with Crippen LogP contribution in [0.3, 0.4) is 0 Å². The third-order valence-electron chi connectivity index (χ3n) is 6.50. The summed E-state index contributed by atoms with van der Waals surface area (Å²) in [6.45, 7) is 1.44. The fraction of sp³-hybridized carbons (Fsp3) is 0.308. The average molecular weight is 518 g/mol. The third kappa shape index (κ3) is 4.90. The van der Waals surface area contributed by atoms with E-state index in [1.165, 1.54) is 19.1 Å². The van der Waals surface area contributed by atoms with E-state index in [-0.39, 0.29) is 34.7 Å². The minimum Gasteiger partial charge on any atom is -0.429 e. The highest BCUT2D eigenvalue weighted by atomic mass is 19.3. The second kappa shape index (κ2) is 9.71. The van der Waals surface area contributed by atoms with Crippen LogP contribution in [0, 0.1) is 47.6 Å². The molecule has 0 aliphatic heterocycles. The van der Waals surface area contributed by atoms with Gasteiger partial charge in [-0.25, -0.2) is 30.7 Å². The van der Waals surface area contributed by atoms with Crippen molar-refractivity contribution in [2.24, 2.45) is 0 Å². The van der Waals surface area contributed by atoms with Gasteiger partial charge in [0.1, 0.15) is 22.9 Å². The maximum Gasteiger partial charge on any atom is 0.432 e. The summed E-state index contributed by atoms with van der Waals surface area (Å²) < 4.78 is 130. The van der Waals surface area contributed by atoms with Gasteiger partial charge < -0.3 is 4.74 Å². The van der Waals surface area contributed by atoms with Gasteiger partial charge in [-0.05, 0) is 73.3 Å². The van der Waals surface area contributed by atoms with E-state index in [1.807, 2.05) is 0 Å². The molecule has 0 saturated heterocycles. The number of rotatable bonds is 5. The molecule has 1 aliphatic rings. The Kier molecular flexibility index (Phi) is 6.99. The predicted molar refractivity (Wildman–Crippen MR) is 112 cm³/mol. The highest BCUT2D eigenvalue weighted by molar-refractivity contribution is 5.34. The van der Waals surface area contributed by atoms with Gasteiger partial charge in [0.05, 0.1) is 0 Å². The first kappa shape index (κ1) is 25.9. The quantitative estimate of drug-likeness (QED) is 0.243. The van der Waals surface area contributed by atoms with Crippen LogP contribution in [-0.2, 0) is 6.11 Å². The van der Waals surface area contributed by atoms with Crippen molar-refractivity contribution in [1.29, 1.82) is 0 Å². The maximum absolute atomic E-state index is 14.7. The molecule has 0 heterocycles. The summed E-state index contributed by atoms with van der Waals surface area (Å²) in [6, 6.07) is 4.67. The van der Waals surface area contributed by atoms with E-state index in [9.17, 15) is 39.5 Å². The molecule has 3 aromatic rings. The fourth-order valence-corrected chi connectivity index (χ4v) is 4.61. The van der Waals surface area contributed by atoms with Gasteiger partial charge >= 0.3 is 6.11 Å². The van der Waals surface area contributed by atoms with Gasteiger partial charge in [0.2, 0.25) is 0 Å². The van der Waals surface area contributed by atoms with Crippen molar-refractivity contribution in [3.05, 3.63) is 99.4 Å². The number of hydrogen-bond acceptors (Lipinski definition) is 1. The van der Waals surface area contributed by atoms with Crippen molar-refractivity contribution in [3.63, 3.8) is 0 Å². The van der Waals surface area contributed by atoms with Gasteiger partial charge in [0.15, 0.2) is 29.1 Å². The second-order valence-electron chi connectivity index (χ2n) is 8.83. The molecule has 0 spiro atoms. The molecule has 0 radical (unpaired) electrons. The van der Waals surface area contributed by atoms with E-state index in [2.05, 4.69) is 4.74 Å². The van der Waals surface area contributed by atoms with Gasteiger partial charge in [-0.2, -0.15) is 8.78 Å². The number of hydrogen-bond donors (Lipinski definition) is 0. The van der Waals surface area contributed by atoms with Crippen molar-refractivity contribution in [3.8, 4) is 5.75 Å². The Morgan fingerprint density at radius 2 is 1.19 bits per heavy atom. The summed E-state index contributed by atoms with van der Waals surface area (Å²) >= 11 is 0. The van der Waals surface area contributed by atoms with Gasteiger partial charge in [-0.15, -0.1) is 0 Å². The zero-order valence-electron chi connectivity index (χ0n) is 18.8. The van der Waals surface area contributed by atoms with Crippen LogP contribution in [0.15, 0.2) is 36.4 Å². The van der Waals surface area contributed by atoms with Crippen LogP contribution in [0.25, 0.3) is 0 Å². The summed E-state index contributed by atoms with van der Waals surface area (Å²) in [5.41, 5.74) is -1.29. The lowest BCUT2D eigenvalue weighted by Gasteiger charge is -2.30. The minimum absolute atomic E-state index is 0.0948. The largest absolute Gasteiger partial charge is 0.432 e. The monoisotopic (exact) mass is 518 g/mol. The average Bonchev–Trinajstić information content (AvgIpc) is 2.80. The van der Waals surface area contributed by atoms with Gasteiger partial charge in [-0.3, -0.25) is 0 Å². The molecule has 0 aromatic heterocycles. The first-order valence-corrected chi connectivity index (χ1v) is 11.0. The lowest BCUT2D eigenvalue weighted by Crippen LogP contribution is -2.26. The van der Waals surface area contributed by atoms with Crippen LogP contribution < -0.4 is 4.74 Å². The summed E-state index contributed by atoms with van der Waals surface area (Å²) in [5.74, 6) is -12.6. The molecule has 192 valence electrons. The minimum atomic E-state index is -4.67. The van der Waals surface area contributed by atoms with Crippen LogP contribution in [0.5, 0.6) is 5.75 Å². The Morgan fingerprint density at radius 1 is 0.667 bits per heavy atom. The number of benzene rings is 3. The Morgan fingerprint density at radius 3 is 1.75 bits per heavy atom. The smallest absolute Gasteiger partial charge is 0.429 e. The molecule has 0 bridgehead atoms. The van der Waals surface area contributed by atoms with Crippen molar-refractivity contribution in [2.45, 2.75) is 50.6 Å². The van der Waals surface area contributed by atoms with Crippen LogP contribution in [0.1, 0.15) is 59.8 Å². The molecular formula is C26H19F9O. The van der Waals surface area contributed by atoms with Crippen molar-refractivity contribution in [2.75, 3.05) is 0 Å². The van der Waals surface area contributed by atoms with Gasteiger partial charge in [0.25, 0.3) is 0 Å². The summed E-state index contributed by atoms with van der Waals surface area (Å²) in [6.07, 6.45) is -3.21. The molecule has 0 amide bonds. The highest BCUT2D eigenvalue weighted by Crippen LogP contribution is 2.43.